The number of hydrogen-bond donors (Lipinski definition) is 1. The highest BCUT2D eigenvalue weighted by atomic mass is 16.3. The van der Waals surface area contributed by atoms with Crippen LogP contribution in [0.5, 0.6) is 0 Å². The van der Waals surface area contributed by atoms with Gasteiger partial charge >= 0.3 is 0 Å². The van der Waals surface area contributed by atoms with Gasteiger partial charge in [0.25, 0.3) is 0 Å². The quantitative estimate of drug-likeness (QED) is 0.692. The van der Waals surface area contributed by atoms with Gasteiger partial charge in [-0.3, -0.25) is 0 Å². The third-order valence-electron chi connectivity index (χ3n) is 6.62. The summed E-state index contributed by atoms with van der Waals surface area (Å²) in [5, 5.41) is 11.5. The SMILES string of the molecule is O[C@@H]1c2ccccc2CC1(Cc1ccccc1)C1CCc2ccccc21. The molecule has 0 aromatic heterocycles. The molecular formula is C25H24O. The predicted octanol–water partition coefficient (Wildman–Crippen LogP) is 5.24. The molecule has 5 rings (SSSR count). The second-order valence-electron chi connectivity index (χ2n) is 7.96. The summed E-state index contributed by atoms with van der Waals surface area (Å²) in [7, 11) is 0. The molecule has 1 nitrogen and oxygen atoms in total. The van der Waals surface area contributed by atoms with Gasteiger partial charge in [0.15, 0.2) is 0 Å². The molecule has 0 amide bonds. The van der Waals surface area contributed by atoms with Crippen LogP contribution in [0.3, 0.4) is 0 Å². The van der Waals surface area contributed by atoms with E-state index in [1.165, 1.54) is 22.3 Å². The Hall–Kier alpha value is -2.38. The van der Waals surface area contributed by atoms with E-state index < -0.39 is 6.10 Å². The van der Waals surface area contributed by atoms with E-state index in [-0.39, 0.29) is 5.41 Å². The number of hydrogen-bond acceptors (Lipinski definition) is 1. The minimum absolute atomic E-state index is 0.155. The van der Waals surface area contributed by atoms with E-state index in [0.717, 1.165) is 31.2 Å². The third kappa shape index (κ3) is 2.34. The lowest BCUT2D eigenvalue weighted by Crippen LogP contribution is -2.35. The summed E-state index contributed by atoms with van der Waals surface area (Å²) in [6.45, 7) is 0. The second-order valence-corrected chi connectivity index (χ2v) is 7.96. The van der Waals surface area contributed by atoms with Crippen LogP contribution in [0.4, 0.5) is 0 Å². The number of fused-ring (bicyclic) bond motifs is 2. The average molecular weight is 340 g/mol. The van der Waals surface area contributed by atoms with Crippen LogP contribution >= 0.6 is 0 Å². The molecule has 0 radical (unpaired) electrons. The lowest BCUT2D eigenvalue weighted by atomic mass is 9.65. The van der Waals surface area contributed by atoms with Gasteiger partial charge in [-0.15, -0.1) is 0 Å². The fourth-order valence-corrected chi connectivity index (χ4v) is 5.45. The van der Waals surface area contributed by atoms with Crippen molar-refractivity contribution in [2.45, 2.75) is 37.7 Å². The highest BCUT2D eigenvalue weighted by Crippen LogP contribution is 2.59. The summed E-state index contributed by atoms with van der Waals surface area (Å²) in [4.78, 5) is 0. The Bertz CT molecular complexity index is 930. The van der Waals surface area contributed by atoms with E-state index in [4.69, 9.17) is 0 Å². The van der Waals surface area contributed by atoms with E-state index in [0.29, 0.717) is 5.92 Å². The number of aliphatic hydroxyl groups excluding tert-OH is 1. The number of aliphatic hydroxyl groups is 1. The van der Waals surface area contributed by atoms with Crippen molar-refractivity contribution < 1.29 is 5.11 Å². The molecule has 26 heavy (non-hydrogen) atoms. The van der Waals surface area contributed by atoms with E-state index in [1.807, 2.05) is 0 Å². The Labute approximate surface area is 155 Å². The maximum atomic E-state index is 11.5. The van der Waals surface area contributed by atoms with E-state index >= 15 is 0 Å². The molecule has 0 saturated heterocycles. The Morgan fingerprint density at radius 2 is 1.42 bits per heavy atom. The maximum Gasteiger partial charge on any atom is 0.0861 e. The molecule has 0 bridgehead atoms. The largest absolute Gasteiger partial charge is 0.388 e. The predicted molar refractivity (Wildman–Crippen MR) is 105 cm³/mol. The molecule has 0 aliphatic heterocycles. The zero-order valence-electron chi connectivity index (χ0n) is 14.9. The molecule has 0 saturated carbocycles. The van der Waals surface area contributed by atoms with Crippen molar-refractivity contribution in [1.29, 1.82) is 0 Å². The Morgan fingerprint density at radius 1 is 0.769 bits per heavy atom. The molecule has 3 aromatic rings. The van der Waals surface area contributed by atoms with Gasteiger partial charge in [-0.1, -0.05) is 78.9 Å². The summed E-state index contributed by atoms with van der Waals surface area (Å²) in [5.74, 6) is 0.404. The van der Waals surface area contributed by atoms with E-state index in [1.54, 1.807) is 0 Å². The minimum Gasteiger partial charge on any atom is -0.388 e. The summed E-state index contributed by atoms with van der Waals surface area (Å²) >= 11 is 0. The zero-order valence-corrected chi connectivity index (χ0v) is 14.9. The highest BCUT2D eigenvalue weighted by Gasteiger charge is 2.52. The van der Waals surface area contributed by atoms with Gasteiger partial charge in [-0.2, -0.15) is 0 Å². The summed E-state index contributed by atoms with van der Waals surface area (Å²) in [5.41, 5.74) is 6.54. The van der Waals surface area contributed by atoms with Gasteiger partial charge in [0, 0.05) is 5.41 Å². The van der Waals surface area contributed by atoms with Crippen LogP contribution < -0.4 is 0 Å². The van der Waals surface area contributed by atoms with Gasteiger partial charge in [0.1, 0.15) is 0 Å². The first-order chi connectivity index (χ1) is 12.8. The van der Waals surface area contributed by atoms with Crippen molar-refractivity contribution in [3.05, 3.63) is 107 Å². The van der Waals surface area contributed by atoms with Gasteiger partial charge in [-0.25, -0.2) is 0 Å². The summed E-state index contributed by atoms with van der Waals surface area (Å²) < 4.78 is 0. The van der Waals surface area contributed by atoms with Crippen LogP contribution in [-0.2, 0) is 19.3 Å². The maximum absolute atomic E-state index is 11.5. The van der Waals surface area contributed by atoms with Crippen LogP contribution in [-0.4, -0.2) is 5.11 Å². The molecule has 3 atom stereocenters. The standard InChI is InChI=1S/C25H24O/c26-24-22-13-7-5-11-20(22)17-25(24,16-18-8-2-1-3-9-18)23-15-14-19-10-4-6-12-21(19)23/h1-13,23-24,26H,14-17H2/t23?,24-,25?/m1/s1. The lowest BCUT2D eigenvalue weighted by molar-refractivity contribution is 0.0164. The molecule has 1 N–H and O–H groups in total. The van der Waals surface area contributed by atoms with Crippen molar-refractivity contribution in [1.82, 2.24) is 0 Å². The van der Waals surface area contributed by atoms with Gasteiger partial charge < -0.3 is 5.11 Å². The monoisotopic (exact) mass is 340 g/mol. The van der Waals surface area contributed by atoms with E-state index in [2.05, 4.69) is 78.9 Å². The number of benzene rings is 3. The molecule has 2 aliphatic rings. The smallest absolute Gasteiger partial charge is 0.0861 e. The molecule has 2 unspecified atom stereocenters. The lowest BCUT2D eigenvalue weighted by Gasteiger charge is -2.40. The molecular weight excluding hydrogens is 316 g/mol. The highest BCUT2D eigenvalue weighted by molar-refractivity contribution is 5.44. The van der Waals surface area contributed by atoms with Crippen LogP contribution in [0.25, 0.3) is 0 Å². The van der Waals surface area contributed by atoms with Crippen LogP contribution in [0, 0.1) is 5.41 Å². The molecule has 2 aliphatic carbocycles. The Balaban J connectivity index is 1.64. The first-order valence-electron chi connectivity index (χ1n) is 9.65. The third-order valence-corrected chi connectivity index (χ3v) is 6.62. The molecule has 3 aromatic carbocycles. The fourth-order valence-electron chi connectivity index (χ4n) is 5.45. The number of rotatable bonds is 3. The van der Waals surface area contributed by atoms with Crippen molar-refractivity contribution in [2.75, 3.05) is 0 Å². The normalized spacial score (nSPS) is 26.5. The van der Waals surface area contributed by atoms with Crippen molar-refractivity contribution in [3.63, 3.8) is 0 Å². The first-order valence-corrected chi connectivity index (χ1v) is 9.65. The molecule has 0 heterocycles. The van der Waals surface area contributed by atoms with E-state index in [9.17, 15) is 5.11 Å². The molecule has 0 spiro atoms. The fraction of sp³-hybridized carbons (Fsp3) is 0.280. The Morgan fingerprint density at radius 3 is 2.19 bits per heavy atom. The summed E-state index contributed by atoms with van der Waals surface area (Å²) in [6, 6.07) is 28.0. The minimum atomic E-state index is -0.407. The van der Waals surface area contributed by atoms with Gasteiger partial charge in [-0.05, 0) is 59.4 Å². The number of aryl methyl sites for hydroxylation is 1. The van der Waals surface area contributed by atoms with Crippen molar-refractivity contribution in [2.24, 2.45) is 5.41 Å². The van der Waals surface area contributed by atoms with Gasteiger partial charge in [0.05, 0.1) is 6.10 Å². The van der Waals surface area contributed by atoms with Crippen LogP contribution in [0.15, 0.2) is 78.9 Å². The summed E-state index contributed by atoms with van der Waals surface area (Å²) in [6.07, 6.45) is 3.73. The molecule has 130 valence electrons. The van der Waals surface area contributed by atoms with Crippen molar-refractivity contribution in [3.8, 4) is 0 Å². The second kappa shape index (κ2) is 6.10. The van der Waals surface area contributed by atoms with Crippen LogP contribution in [0.1, 0.15) is 46.3 Å². The zero-order chi connectivity index (χ0) is 17.6. The molecule has 1 heteroatoms. The topological polar surface area (TPSA) is 20.2 Å². The van der Waals surface area contributed by atoms with Crippen LogP contribution in [0.2, 0.25) is 0 Å². The van der Waals surface area contributed by atoms with Crippen molar-refractivity contribution >= 4 is 0 Å². The molecule has 0 fully saturated rings. The average Bonchev–Trinajstić information content (AvgIpc) is 3.23. The Kier molecular flexibility index (Phi) is 3.72. The van der Waals surface area contributed by atoms with Gasteiger partial charge in [0.2, 0.25) is 0 Å². The first kappa shape index (κ1) is 15.8.